The van der Waals surface area contributed by atoms with E-state index in [1.54, 1.807) is 24.3 Å². The standard InChI is InChI=1S/C25H20N2O6S/c1-4-27-19-11-9-15(22(28)16-8-6-5-7-14(16)2)13-18(19)21-20(27)12-10-17-23(29)25(32-24(17)21)26-33-34(3,30)31/h5-13H,4H2,1-3H3/b26-25-. The van der Waals surface area contributed by atoms with Gasteiger partial charge in [0, 0.05) is 28.6 Å². The van der Waals surface area contributed by atoms with E-state index in [9.17, 15) is 18.0 Å². The zero-order valence-electron chi connectivity index (χ0n) is 18.7. The molecule has 1 aliphatic rings. The largest absolute Gasteiger partial charge is 0.432 e. The number of benzene rings is 3. The number of ether oxygens (including phenoxy) is 1. The Morgan fingerprint density at radius 2 is 1.82 bits per heavy atom. The monoisotopic (exact) mass is 476 g/mol. The third-order valence-corrected chi connectivity index (χ3v) is 6.19. The number of ketones is 2. The molecule has 0 N–H and O–H groups in total. The summed E-state index contributed by atoms with van der Waals surface area (Å²) in [6.45, 7) is 4.54. The summed E-state index contributed by atoms with van der Waals surface area (Å²) in [5.41, 5.74) is 3.94. The van der Waals surface area contributed by atoms with Crippen LogP contribution in [0.3, 0.4) is 0 Å². The second kappa shape index (κ2) is 7.81. The third-order valence-electron chi connectivity index (χ3n) is 5.84. The molecule has 0 unspecified atom stereocenters. The highest BCUT2D eigenvalue weighted by molar-refractivity contribution is 7.85. The zero-order valence-corrected chi connectivity index (χ0v) is 19.5. The number of oxime groups is 1. The van der Waals surface area contributed by atoms with Crippen LogP contribution in [0.4, 0.5) is 0 Å². The number of hydrogen-bond acceptors (Lipinski definition) is 7. The molecular weight excluding hydrogens is 456 g/mol. The number of hydrogen-bond donors (Lipinski definition) is 0. The zero-order chi connectivity index (χ0) is 24.2. The molecule has 0 atom stereocenters. The van der Waals surface area contributed by atoms with Gasteiger partial charge in [0.2, 0.25) is 0 Å². The molecule has 0 amide bonds. The van der Waals surface area contributed by atoms with E-state index in [4.69, 9.17) is 4.74 Å². The minimum absolute atomic E-state index is 0.106. The molecule has 5 rings (SSSR count). The van der Waals surface area contributed by atoms with Gasteiger partial charge in [0.25, 0.3) is 5.78 Å². The topological polar surface area (TPSA) is 104 Å². The number of rotatable bonds is 5. The Morgan fingerprint density at radius 1 is 1.09 bits per heavy atom. The van der Waals surface area contributed by atoms with Crippen LogP contribution in [0.15, 0.2) is 59.8 Å². The fraction of sp³-hybridized carbons (Fsp3) is 0.160. The molecular formula is C25H20N2O6S. The quantitative estimate of drug-likeness (QED) is 0.316. The maximum Gasteiger partial charge on any atom is 0.325 e. The van der Waals surface area contributed by atoms with Crippen LogP contribution in [0.2, 0.25) is 0 Å². The van der Waals surface area contributed by atoms with Crippen molar-refractivity contribution in [2.45, 2.75) is 20.4 Å². The lowest BCUT2D eigenvalue weighted by Gasteiger charge is -2.06. The number of Topliss-reactive ketones (excluding diaryl/α,β-unsaturated/α-hetero) is 1. The van der Waals surface area contributed by atoms with Crippen LogP contribution in [-0.2, 0) is 20.9 Å². The van der Waals surface area contributed by atoms with E-state index in [1.165, 1.54) is 0 Å². The number of carbonyl (C=O) groups is 2. The van der Waals surface area contributed by atoms with Crippen LogP contribution >= 0.6 is 0 Å². The van der Waals surface area contributed by atoms with Crippen LogP contribution < -0.4 is 4.74 Å². The Morgan fingerprint density at radius 3 is 2.53 bits per heavy atom. The van der Waals surface area contributed by atoms with Gasteiger partial charge < -0.3 is 9.30 Å². The van der Waals surface area contributed by atoms with Crippen LogP contribution in [0.5, 0.6) is 5.75 Å². The normalized spacial score (nSPS) is 14.6. The molecule has 34 heavy (non-hydrogen) atoms. The lowest BCUT2D eigenvalue weighted by atomic mass is 9.97. The summed E-state index contributed by atoms with van der Waals surface area (Å²) in [7, 11) is -3.91. The SMILES string of the molecule is CCn1c2ccc(C(=O)c3ccccc3C)cc2c2c3c(ccc21)C(=O)/C(=N/OS(C)(=O)=O)O3. The van der Waals surface area contributed by atoms with Gasteiger partial charge in [-0.05, 0) is 54.9 Å². The van der Waals surface area contributed by atoms with Gasteiger partial charge in [0.1, 0.15) is 0 Å². The second-order valence-corrected chi connectivity index (χ2v) is 9.62. The molecule has 4 aromatic rings. The summed E-state index contributed by atoms with van der Waals surface area (Å²) >= 11 is 0. The predicted molar refractivity (Wildman–Crippen MR) is 128 cm³/mol. The van der Waals surface area contributed by atoms with Crippen LogP contribution in [0.1, 0.15) is 38.8 Å². The van der Waals surface area contributed by atoms with Gasteiger partial charge in [-0.1, -0.05) is 24.3 Å². The number of nitrogens with zero attached hydrogens (tertiary/aromatic N) is 2. The van der Waals surface area contributed by atoms with E-state index in [1.807, 2.05) is 44.2 Å². The fourth-order valence-corrected chi connectivity index (χ4v) is 4.53. The summed E-state index contributed by atoms with van der Waals surface area (Å²) in [5.74, 6) is -0.885. The molecule has 2 heterocycles. The van der Waals surface area contributed by atoms with Gasteiger partial charge in [-0.15, -0.1) is 0 Å². The number of aromatic nitrogens is 1. The molecule has 0 bridgehead atoms. The van der Waals surface area contributed by atoms with E-state index in [-0.39, 0.29) is 17.1 Å². The lowest BCUT2D eigenvalue weighted by Crippen LogP contribution is -2.14. The minimum atomic E-state index is -3.91. The maximum absolute atomic E-state index is 13.3. The molecule has 0 spiro atoms. The molecule has 1 aromatic heterocycles. The van der Waals surface area contributed by atoms with Crippen molar-refractivity contribution in [2.75, 3.05) is 6.26 Å². The first kappa shape index (κ1) is 21.8. The molecule has 0 saturated carbocycles. The highest BCUT2D eigenvalue weighted by Gasteiger charge is 2.33. The van der Waals surface area contributed by atoms with E-state index in [2.05, 4.69) is 14.0 Å². The van der Waals surface area contributed by atoms with Gasteiger partial charge in [-0.2, -0.15) is 8.42 Å². The second-order valence-electron chi connectivity index (χ2n) is 8.06. The van der Waals surface area contributed by atoms with E-state index >= 15 is 0 Å². The smallest absolute Gasteiger partial charge is 0.325 e. The highest BCUT2D eigenvalue weighted by Crippen LogP contribution is 2.41. The van der Waals surface area contributed by atoms with Gasteiger partial charge in [-0.3, -0.25) is 13.9 Å². The van der Waals surface area contributed by atoms with Gasteiger partial charge >= 0.3 is 16.0 Å². The molecule has 3 aromatic carbocycles. The molecule has 0 radical (unpaired) electrons. The molecule has 8 nitrogen and oxygen atoms in total. The number of fused-ring (bicyclic) bond motifs is 5. The average molecular weight is 477 g/mol. The molecule has 0 fully saturated rings. The van der Waals surface area contributed by atoms with Crippen molar-refractivity contribution in [1.29, 1.82) is 0 Å². The van der Waals surface area contributed by atoms with Crippen molar-refractivity contribution in [3.63, 3.8) is 0 Å². The third kappa shape index (κ3) is 3.45. The fourth-order valence-electron chi connectivity index (χ4n) is 4.33. The summed E-state index contributed by atoms with van der Waals surface area (Å²) in [6, 6.07) is 16.3. The average Bonchev–Trinajstić information content (AvgIpc) is 3.30. The Hall–Kier alpha value is -3.98. The Balaban J connectivity index is 1.72. The molecule has 0 aliphatic carbocycles. The summed E-state index contributed by atoms with van der Waals surface area (Å²) in [5, 5.41) is 4.78. The lowest BCUT2D eigenvalue weighted by molar-refractivity contribution is 0.103. The summed E-state index contributed by atoms with van der Waals surface area (Å²) < 4.78 is 34.8. The minimum Gasteiger partial charge on any atom is -0.432 e. The first-order valence-corrected chi connectivity index (χ1v) is 12.4. The van der Waals surface area contributed by atoms with Gasteiger partial charge in [0.15, 0.2) is 11.5 Å². The molecule has 0 saturated heterocycles. The Kier molecular flexibility index (Phi) is 5.02. The number of aryl methyl sites for hydroxylation is 2. The Labute approximate surface area is 195 Å². The van der Waals surface area contributed by atoms with E-state index < -0.39 is 21.8 Å². The molecule has 1 aliphatic heterocycles. The van der Waals surface area contributed by atoms with Crippen LogP contribution in [-0.4, -0.2) is 36.7 Å². The van der Waals surface area contributed by atoms with Gasteiger partial charge in [-0.25, -0.2) is 0 Å². The maximum atomic E-state index is 13.3. The van der Waals surface area contributed by atoms with Crippen molar-refractivity contribution >= 4 is 49.4 Å². The Bertz CT molecular complexity index is 1660. The van der Waals surface area contributed by atoms with Gasteiger partial charge in [0.05, 0.1) is 22.7 Å². The molecule has 9 heteroatoms. The van der Waals surface area contributed by atoms with Crippen molar-refractivity contribution < 1.29 is 27.0 Å². The summed E-state index contributed by atoms with van der Waals surface area (Å²) in [4.78, 5) is 26.0. The van der Waals surface area contributed by atoms with E-state index in [0.717, 1.165) is 28.2 Å². The predicted octanol–water partition coefficient (Wildman–Crippen LogP) is 4.22. The van der Waals surface area contributed by atoms with Crippen LogP contribution in [0, 0.1) is 6.92 Å². The van der Waals surface area contributed by atoms with Crippen molar-refractivity contribution in [1.82, 2.24) is 4.57 Å². The highest BCUT2D eigenvalue weighted by atomic mass is 32.2. The van der Waals surface area contributed by atoms with Crippen molar-refractivity contribution in [3.8, 4) is 5.75 Å². The number of carbonyl (C=O) groups excluding carboxylic acids is 2. The van der Waals surface area contributed by atoms with Crippen LogP contribution in [0.25, 0.3) is 21.8 Å². The molecule has 172 valence electrons. The first-order valence-electron chi connectivity index (χ1n) is 10.6. The van der Waals surface area contributed by atoms with Crippen molar-refractivity contribution in [3.05, 3.63) is 76.9 Å². The summed E-state index contributed by atoms with van der Waals surface area (Å²) in [6.07, 6.45) is 0.823. The van der Waals surface area contributed by atoms with E-state index in [0.29, 0.717) is 23.1 Å². The first-order chi connectivity index (χ1) is 16.2. The van der Waals surface area contributed by atoms with Crippen molar-refractivity contribution in [2.24, 2.45) is 5.16 Å².